The lowest BCUT2D eigenvalue weighted by Crippen LogP contribution is -2.40. The molecule has 3 rings (SSSR count). The fourth-order valence-corrected chi connectivity index (χ4v) is 3.10. The van der Waals surface area contributed by atoms with Gasteiger partial charge in [-0.25, -0.2) is 0 Å². The van der Waals surface area contributed by atoms with Gasteiger partial charge in [0, 0.05) is 0 Å². The zero-order chi connectivity index (χ0) is 10.3. The van der Waals surface area contributed by atoms with Crippen molar-refractivity contribution in [1.82, 2.24) is 0 Å². The Labute approximate surface area is 85.0 Å². The van der Waals surface area contributed by atoms with Gasteiger partial charge in [0.15, 0.2) is 0 Å². The second-order valence-electron chi connectivity index (χ2n) is 4.80. The maximum Gasteiger partial charge on any atom is 0.307 e. The summed E-state index contributed by atoms with van der Waals surface area (Å²) in [7, 11) is 0. The molecule has 1 unspecified atom stereocenters. The van der Waals surface area contributed by atoms with Crippen molar-refractivity contribution in [2.75, 3.05) is 0 Å². The molecule has 0 aromatic carbocycles. The summed E-state index contributed by atoms with van der Waals surface area (Å²) >= 11 is 0. The molecule has 2 nitrogen and oxygen atoms in total. The maximum atomic E-state index is 11.1. The van der Waals surface area contributed by atoms with Crippen LogP contribution in [-0.4, -0.2) is 11.1 Å². The lowest BCUT2D eigenvalue weighted by Gasteiger charge is -2.48. The monoisotopic (exact) mass is 194 g/mol. The number of fused-ring (bicyclic) bond motifs is 2. The number of rotatable bonds is 3. The molecule has 0 aromatic rings. The van der Waals surface area contributed by atoms with Gasteiger partial charge in [0.05, 0.1) is 5.92 Å². The summed E-state index contributed by atoms with van der Waals surface area (Å²) in [6, 6.07) is 0. The number of hydrogen-bond donors (Lipinski definition) is 1. The van der Waals surface area contributed by atoms with Crippen LogP contribution in [0.25, 0.3) is 0 Å². The van der Waals surface area contributed by atoms with E-state index >= 15 is 0 Å². The van der Waals surface area contributed by atoms with Crippen LogP contribution in [0.2, 0.25) is 0 Å². The Morgan fingerprint density at radius 2 is 2.21 bits per heavy atom. The van der Waals surface area contributed by atoms with Crippen molar-refractivity contribution in [3.63, 3.8) is 0 Å². The summed E-state index contributed by atoms with van der Waals surface area (Å²) in [5.41, 5.74) is 1.22. The molecule has 0 aliphatic heterocycles. The molecular weight excluding hydrogens is 176 g/mol. The molecule has 3 aliphatic carbocycles. The van der Waals surface area contributed by atoms with Gasteiger partial charge in [-0.2, -0.15) is 0 Å². The van der Waals surface area contributed by atoms with Crippen molar-refractivity contribution in [1.29, 1.82) is 0 Å². The van der Waals surface area contributed by atoms with Gasteiger partial charge in [-0.3, -0.25) is 4.79 Å². The minimum absolute atomic E-state index is 0.187. The summed E-state index contributed by atoms with van der Waals surface area (Å²) in [5, 5.41) is 9.10. The Morgan fingerprint density at radius 1 is 1.57 bits per heavy atom. The summed E-state index contributed by atoms with van der Waals surface area (Å²) < 4.78 is 0. The van der Waals surface area contributed by atoms with Gasteiger partial charge in [0.25, 0.3) is 0 Å². The van der Waals surface area contributed by atoms with Crippen LogP contribution in [0, 0.1) is 23.7 Å². The Balaban J connectivity index is 2.09. The standard InChI is InChI=1S/C12H18O2/c1-3-10(12(13)14)11-6-8-4-9(5-8)7(11)2/h8-11H,2-6H2,1H3,(H,13,14)/t8?,9?,10?,11-/m0/s1. The molecule has 1 N–H and O–H groups in total. The van der Waals surface area contributed by atoms with Crippen molar-refractivity contribution in [3.05, 3.63) is 12.2 Å². The SMILES string of the molecule is C=C1C2CC(C2)C[C@@H]1C(CC)C(=O)O. The highest BCUT2D eigenvalue weighted by atomic mass is 16.4. The predicted molar refractivity (Wildman–Crippen MR) is 54.9 cm³/mol. The number of hydrogen-bond acceptors (Lipinski definition) is 1. The first kappa shape index (κ1) is 9.75. The van der Waals surface area contributed by atoms with E-state index in [0.717, 1.165) is 18.8 Å². The van der Waals surface area contributed by atoms with Gasteiger partial charge in [0.2, 0.25) is 0 Å². The topological polar surface area (TPSA) is 37.3 Å². The molecule has 0 heterocycles. The average Bonchev–Trinajstić information content (AvgIpc) is 2.05. The summed E-state index contributed by atoms with van der Waals surface area (Å²) in [5.74, 6) is 0.874. The number of carbonyl (C=O) groups is 1. The molecule has 3 aliphatic rings. The van der Waals surface area contributed by atoms with Gasteiger partial charge in [-0.15, -0.1) is 0 Å². The quantitative estimate of drug-likeness (QED) is 0.701. The molecule has 0 spiro atoms. The van der Waals surface area contributed by atoms with Gasteiger partial charge < -0.3 is 5.11 Å². The zero-order valence-electron chi connectivity index (χ0n) is 8.70. The second kappa shape index (κ2) is 3.41. The highest BCUT2D eigenvalue weighted by Crippen LogP contribution is 2.53. The van der Waals surface area contributed by atoms with E-state index in [0.29, 0.717) is 5.92 Å². The van der Waals surface area contributed by atoms with Crippen molar-refractivity contribution >= 4 is 5.97 Å². The van der Waals surface area contributed by atoms with E-state index in [2.05, 4.69) is 6.58 Å². The van der Waals surface area contributed by atoms with Crippen LogP contribution >= 0.6 is 0 Å². The van der Waals surface area contributed by atoms with Crippen molar-refractivity contribution in [2.45, 2.75) is 32.6 Å². The third-order valence-electron chi connectivity index (χ3n) is 4.07. The lowest BCUT2D eigenvalue weighted by atomic mass is 9.56. The van der Waals surface area contributed by atoms with Crippen LogP contribution in [0.4, 0.5) is 0 Å². The average molecular weight is 194 g/mol. The predicted octanol–water partition coefficient (Wildman–Crippen LogP) is 2.70. The largest absolute Gasteiger partial charge is 0.481 e. The van der Waals surface area contributed by atoms with E-state index in [1.807, 2.05) is 6.92 Å². The van der Waals surface area contributed by atoms with Crippen molar-refractivity contribution in [2.24, 2.45) is 23.7 Å². The molecule has 2 bridgehead atoms. The fourth-order valence-electron chi connectivity index (χ4n) is 3.10. The lowest BCUT2D eigenvalue weighted by molar-refractivity contribution is -0.144. The van der Waals surface area contributed by atoms with Crippen LogP contribution in [0.5, 0.6) is 0 Å². The molecule has 3 saturated carbocycles. The number of carboxylic acids is 1. The van der Waals surface area contributed by atoms with Gasteiger partial charge in [-0.1, -0.05) is 19.1 Å². The first-order valence-corrected chi connectivity index (χ1v) is 5.55. The first-order chi connectivity index (χ1) is 6.63. The van der Waals surface area contributed by atoms with Crippen LogP contribution in [0.1, 0.15) is 32.6 Å². The third-order valence-corrected chi connectivity index (χ3v) is 4.07. The van der Waals surface area contributed by atoms with Crippen LogP contribution < -0.4 is 0 Å². The van der Waals surface area contributed by atoms with Crippen molar-refractivity contribution in [3.8, 4) is 0 Å². The number of aliphatic carboxylic acids is 1. The van der Waals surface area contributed by atoms with Gasteiger partial charge in [-0.05, 0) is 43.4 Å². The van der Waals surface area contributed by atoms with Crippen LogP contribution in [-0.2, 0) is 4.79 Å². The Kier molecular flexibility index (Phi) is 2.38. The smallest absolute Gasteiger partial charge is 0.307 e. The molecule has 2 heteroatoms. The Morgan fingerprint density at radius 3 is 2.64 bits per heavy atom. The minimum atomic E-state index is -0.639. The molecular formula is C12H18O2. The summed E-state index contributed by atoms with van der Waals surface area (Å²) in [6.45, 7) is 6.07. The van der Waals surface area contributed by atoms with Crippen LogP contribution in [0.15, 0.2) is 12.2 Å². The normalized spacial score (nSPS) is 37.5. The molecule has 3 fully saturated rings. The van der Waals surface area contributed by atoms with Crippen molar-refractivity contribution < 1.29 is 9.90 Å². The van der Waals surface area contributed by atoms with E-state index < -0.39 is 5.97 Å². The highest BCUT2D eigenvalue weighted by Gasteiger charge is 2.44. The van der Waals surface area contributed by atoms with Gasteiger partial charge >= 0.3 is 5.97 Å². The van der Waals surface area contributed by atoms with Crippen LogP contribution in [0.3, 0.4) is 0 Å². The summed E-state index contributed by atoms with van der Waals surface area (Å²) in [4.78, 5) is 11.1. The molecule has 14 heavy (non-hydrogen) atoms. The molecule has 0 radical (unpaired) electrons. The van der Waals surface area contributed by atoms with E-state index in [9.17, 15) is 4.79 Å². The molecule has 2 atom stereocenters. The zero-order valence-corrected chi connectivity index (χ0v) is 8.70. The Hall–Kier alpha value is -0.790. The maximum absolute atomic E-state index is 11.1. The first-order valence-electron chi connectivity index (χ1n) is 5.55. The molecule has 0 saturated heterocycles. The van der Waals surface area contributed by atoms with E-state index in [-0.39, 0.29) is 11.8 Å². The summed E-state index contributed by atoms with van der Waals surface area (Å²) in [6.07, 6.45) is 4.34. The molecule has 78 valence electrons. The second-order valence-corrected chi connectivity index (χ2v) is 4.80. The minimum Gasteiger partial charge on any atom is -0.481 e. The highest BCUT2D eigenvalue weighted by molar-refractivity contribution is 5.71. The van der Waals surface area contributed by atoms with E-state index in [1.54, 1.807) is 0 Å². The van der Waals surface area contributed by atoms with E-state index in [1.165, 1.54) is 18.4 Å². The molecule has 0 aromatic heterocycles. The number of carboxylic acid groups (broad SMARTS) is 1. The van der Waals surface area contributed by atoms with E-state index in [4.69, 9.17) is 5.11 Å². The Bertz CT molecular complexity index is 263. The molecule has 0 amide bonds. The van der Waals surface area contributed by atoms with Gasteiger partial charge in [0.1, 0.15) is 0 Å². The fraction of sp³-hybridized carbons (Fsp3) is 0.750. The number of allylic oxidation sites excluding steroid dienone is 1. The third kappa shape index (κ3) is 1.37.